The monoisotopic (exact) mass is 307 g/mol. The van der Waals surface area contributed by atoms with Crippen molar-refractivity contribution in [2.75, 3.05) is 26.9 Å². The molecule has 1 amide bonds. The zero-order valence-corrected chi connectivity index (χ0v) is 13.4. The Bertz CT molecular complexity index is 516. The lowest BCUT2D eigenvalue weighted by Gasteiger charge is -2.40. The standard InChI is InChI=1S/C16H25N3O3/c1-18-10-12(9-17-18)8-16(20)19-6-7-22-11-14(19)13-4-3-5-15(13)21-2/h9-10,13-15H,3-8,11H2,1-2H3/t13-,14+,15+/m0/s1. The van der Waals surface area contributed by atoms with Gasteiger partial charge in [-0.1, -0.05) is 6.42 Å². The average Bonchev–Trinajstić information content (AvgIpc) is 3.15. The summed E-state index contributed by atoms with van der Waals surface area (Å²) in [5.74, 6) is 0.561. The van der Waals surface area contributed by atoms with Crippen molar-refractivity contribution in [1.82, 2.24) is 14.7 Å². The Morgan fingerprint density at radius 1 is 1.50 bits per heavy atom. The SMILES string of the molecule is CO[C@@H]1CCC[C@H]1[C@H]1COCCN1C(=O)Cc1cnn(C)c1. The first-order chi connectivity index (χ1) is 10.7. The quantitative estimate of drug-likeness (QED) is 0.833. The summed E-state index contributed by atoms with van der Waals surface area (Å²) < 4.78 is 13.0. The minimum absolute atomic E-state index is 0.144. The molecule has 3 rings (SSSR count). The first-order valence-electron chi connectivity index (χ1n) is 8.06. The van der Waals surface area contributed by atoms with E-state index in [0.717, 1.165) is 18.4 Å². The first-order valence-corrected chi connectivity index (χ1v) is 8.06. The molecule has 1 saturated carbocycles. The molecule has 1 aromatic heterocycles. The van der Waals surface area contributed by atoms with Crippen LogP contribution in [-0.4, -0.2) is 59.6 Å². The highest BCUT2D eigenvalue weighted by molar-refractivity contribution is 5.79. The summed E-state index contributed by atoms with van der Waals surface area (Å²) in [5.41, 5.74) is 0.965. The van der Waals surface area contributed by atoms with Gasteiger partial charge in [0, 0.05) is 32.8 Å². The molecule has 6 heteroatoms. The molecule has 0 N–H and O–H groups in total. The number of hydrogen-bond acceptors (Lipinski definition) is 4. The van der Waals surface area contributed by atoms with E-state index in [1.54, 1.807) is 18.0 Å². The van der Waals surface area contributed by atoms with Gasteiger partial charge in [0.15, 0.2) is 0 Å². The Hall–Kier alpha value is -1.40. The molecule has 0 unspecified atom stereocenters. The third-order valence-electron chi connectivity index (χ3n) is 4.90. The predicted octanol–water partition coefficient (Wildman–Crippen LogP) is 1.01. The van der Waals surface area contributed by atoms with Crippen molar-refractivity contribution >= 4 is 5.91 Å². The summed E-state index contributed by atoms with van der Waals surface area (Å²) in [6.07, 6.45) is 7.70. The second-order valence-corrected chi connectivity index (χ2v) is 6.30. The van der Waals surface area contributed by atoms with Crippen LogP contribution in [0.15, 0.2) is 12.4 Å². The van der Waals surface area contributed by atoms with E-state index in [4.69, 9.17) is 9.47 Å². The van der Waals surface area contributed by atoms with Crippen LogP contribution < -0.4 is 0 Å². The van der Waals surface area contributed by atoms with Gasteiger partial charge in [-0.05, 0) is 18.4 Å². The summed E-state index contributed by atoms with van der Waals surface area (Å²) in [4.78, 5) is 14.7. The van der Waals surface area contributed by atoms with Crippen LogP contribution in [0.2, 0.25) is 0 Å². The van der Waals surface area contributed by atoms with Crippen LogP contribution >= 0.6 is 0 Å². The van der Waals surface area contributed by atoms with E-state index < -0.39 is 0 Å². The van der Waals surface area contributed by atoms with Crippen molar-refractivity contribution in [3.8, 4) is 0 Å². The smallest absolute Gasteiger partial charge is 0.227 e. The van der Waals surface area contributed by atoms with Crippen molar-refractivity contribution < 1.29 is 14.3 Å². The highest BCUT2D eigenvalue weighted by Gasteiger charge is 2.40. The van der Waals surface area contributed by atoms with Crippen LogP contribution in [0.4, 0.5) is 0 Å². The van der Waals surface area contributed by atoms with Gasteiger partial charge in [-0.2, -0.15) is 5.10 Å². The number of methoxy groups -OCH3 is 1. The van der Waals surface area contributed by atoms with Crippen molar-refractivity contribution in [3.63, 3.8) is 0 Å². The fourth-order valence-corrected chi connectivity index (χ4v) is 3.81. The van der Waals surface area contributed by atoms with Crippen LogP contribution in [0.1, 0.15) is 24.8 Å². The summed E-state index contributed by atoms with van der Waals surface area (Å²) in [6, 6.07) is 0.144. The summed E-state index contributed by atoms with van der Waals surface area (Å²) in [7, 11) is 3.64. The highest BCUT2D eigenvalue weighted by Crippen LogP contribution is 2.34. The van der Waals surface area contributed by atoms with E-state index in [9.17, 15) is 4.79 Å². The number of morpholine rings is 1. The van der Waals surface area contributed by atoms with Crippen LogP contribution in [-0.2, 0) is 27.7 Å². The van der Waals surface area contributed by atoms with Crippen LogP contribution in [0.25, 0.3) is 0 Å². The number of aromatic nitrogens is 2. The zero-order chi connectivity index (χ0) is 15.5. The minimum atomic E-state index is 0.144. The van der Waals surface area contributed by atoms with E-state index in [1.165, 1.54) is 6.42 Å². The summed E-state index contributed by atoms with van der Waals surface area (Å²) in [5, 5.41) is 4.14. The van der Waals surface area contributed by atoms with Gasteiger partial charge in [0.25, 0.3) is 0 Å². The van der Waals surface area contributed by atoms with Crippen LogP contribution in [0.3, 0.4) is 0 Å². The van der Waals surface area contributed by atoms with Gasteiger partial charge in [-0.25, -0.2) is 0 Å². The molecule has 2 aliphatic rings. The Labute approximate surface area is 131 Å². The number of ether oxygens (including phenoxy) is 2. The van der Waals surface area contributed by atoms with Gasteiger partial charge in [0.2, 0.25) is 5.91 Å². The lowest BCUT2D eigenvalue weighted by Crippen LogP contribution is -2.54. The number of nitrogens with zero attached hydrogens (tertiary/aromatic N) is 3. The lowest BCUT2D eigenvalue weighted by atomic mass is 9.93. The maximum atomic E-state index is 12.7. The van der Waals surface area contributed by atoms with Crippen molar-refractivity contribution in [3.05, 3.63) is 18.0 Å². The topological polar surface area (TPSA) is 56.6 Å². The summed E-state index contributed by atoms with van der Waals surface area (Å²) >= 11 is 0. The third kappa shape index (κ3) is 3.17. The lowest BCUT2D eigenvalue weighted by molar-refractivity contribution is -0.143. The number of hydrogen-bond donors (Lipinski definition) is 0. The molecule has 6 nitrogen and oxygen atoms in total. The molecule has 0 aromatic carbocycles. The molecule has 122 valence electrons. The summed E-state index contributed by atoms with van der Waals surface area (Å²) in [6.45, 7) is 1.93. The fourth-order valence-electron chi connectivity index (χ4n) is 3.81. The number of carbonyl (C=O) groups is 1. The van der Waals surface area contributed by atoms with Gasteiger partial charge < -0.3 is 14.4 Å². The highest BCUT2D eigenvalue weighted by atomic mass is 16.5. The normalized spacial score (nSPS) is 29.0. The maximum Gasteiger partial charge on any atom is 0.227 e. The van der Waals surface area contributed by atoms with E-state index in [2.05, 4.69) is 5.10 Å². The van der Waals surface area contributed by atoms with Crippen molar-refractivity contribution in [1.29, 1.82) is 0 Å². The van der Waals surface area contributed by atoms with Crippen molar-refractivity contribution in [2.24, 2.45) is 13.0 Å². The van der Waals surface area contributed by atoms with Gasteiger partial charge >= 0.3 is 0 Å². The first kappa shape index (κ1) is 15.5. The number of amides is 1. The Morgan fingerprint density at radius 3 is 3.09 bits per heavy atom. The third-order valence-corrected chi connectivity index (χ3v) is 4.90. The van der Waals surface area contributed by atoms with E-state index in [0.29, 0.717) is 32.1 Å². The van der Waals surface area contributed by atoms with E-state index in [-0.39, 0.29) is 18.1 Å². The number of rotatable bonds is 4. The Balaban J connectivity index is 1.70. The van der Waals surface area contributed by atoms with Crippen LogP contribution in [0, 0.1) is 5.92 Å². The van der Waals surface area contributed by atoms with E-state index >= 15 is 0 Å². The molecule has 0 radical (unpaired) electrons. The van der Waals surface area contributed by atoms with Gasteiger partial charge in [-0.15, -0.1) is 0 Å². The molecular formula is C16H25N3O3. The molecule has 0 spiro atoms. The zero-order valence-electron chi connectivity index (χ0n) is 13.4. The molecule has 2 heterocycles. The fraction of sp³-hybridized carbons (Fsp3) is 0.750. The largest absolute Gasteiger partial charge is 0.381 e. The predicted molar refractivity (Wildman–Crippen MR) is 81.4 cm³/mol. The maximum absolute atomic E-state index is 12.7. The molecular weight excluding hydrogens is 282 g/mol. The molecule has 0 bridgehead atoms. The molecule has 1 aliphatic carbocycles. The van der Waals surface area contributed by atoms with Crippen molar-refractivity contribution in [2.45, 2.75) is 37.8 Å². The number of carbonyl (C=O) groups excluding carboxylic acids is 1. The Kier molecular flexibility index (Phi) is 4.78. The van der Waals surface area contributed by atoms with Crippen LogP contribution in [0.5, 0.6) is 0 Å². The minimum Gasteiger partial charge on any atom is -0.381 e. The second kappa shape index (κ2) is 6.79. The molecule has 1 aromatic rings. The molecule has 2 fully saturated rings. The van der Waals surface area contributed by atoms with Gasteiger partial charge in [0.1, 0.15) is 0 Å². The molecule has 22 heavy (non-hydrogen) atoms. The van der Waals surface area contributed by atoms with Gasteiger partial charge in [-0.3, -0.25) is 9.48 Å². The molecule has 1 saturated heterocycles. The number of aryl methyl sites for hydroxylation is 1. The second-order valence-electron chi connectivity index (χ2n) is 6.30. The Morgan fingerprint density at radius 2 is 2.36 bits per heavy atom. The van der Waals surface area contributed by atoms with Gasteiger partial charge in [0.05, 0.1) is 38.0 Å². The molecule has 3 atom stereocenters. The molecule has 1 aliphatic heterocycles. The van der Waals surface area contributed by atoms with E-state index in [1.807, 2.05) is 18.1 Å². The average molecular weight is 307 g/mol.